The Labute approximate surface area is 161 Å². The highest BCUT2D eigenvalue weighted by molar-refractivity contribution is 5.75. The van der Waals surface area contributed by atoms with E-state index in [1.165, 1.54) is 0 Å². The van der Waals surface area contributed by atoms with Gasteiger partial charge in [0.25, 0.3) is 0 Å². The van der Waals surface area contributed by atoms with Crippen LogP contribution in [-0.4, -0.2) is 35.0 Å². The van der Waals surface area contributed by atoms with E-state index in [1.807, 2.05) is 0 Å². The van der Waals surface area contributed by atoms with Crippen LogP contribution in [0.4, 0.5) is 22.4 Å². The fourth-order valence-electron chi connectivity index (χ4n) is 3.78. The monoisotopic (exact) mass is 401 g/mol. The Morgan fingerprint density at radius 3 is 2.50 bits per heavy atom. The van der Waals surface area contributed by atoms with Crippen molar-refractivity contribution in [3.8, 4) is 5.75 Å². The first-order chi connectivity index (χ1) is 12.9. The highest BCUT2D eigenvalue weighted by Crippen LogP contribution is 2.39. The van der Waals surface area contributed by atoms with Crippen LogP contribution in [0.25, 0.3) is 5.57 Å². The van der Waals surface area contributed by atoms with Gasteiger partial charge in [0, 0.05) is 11.6 Å². The Balaban J connectivity index is 1.89. The van der Waals surface area contributed by atoms with Crippen LogP contribution in [0.1, 0.15) is 52.0 Å². The lowest BCUT2D eigenvalue weighted by Gasteiger charge is -2.45. The molecule has 0 N–H and O–H groups in total. The number of carbonyl (C=O) groups is 1. The summed E-state index contributed by atoms with van der Waals surface area (Å²) in [7, 11) is 0. The smallest absolute Gasteiger partial charge is 0.444 e. The molecule has 1 fully saturated rings. The van der Waals surface area contributed by atoms with E-state index in [2.05, 4.69) is 4.74 Å². The number of alkyl halides is 3. The minimum atomic E-state index is -4.85. The first kappa shape index (κ1) is 20.5. The number of nitrogens with zero attached hydrogens (tertiary/aromatic N) is 1. The summed E-state index contributed by atoms with van der Waals surface area (Å²) in [5.41, 5.74) is 0.0206. The molecule has 0 radical (unpaired) electrons. The topological polar surface area (TPSA) is 38.8 Å². The van der Waals surface area contributed by atoms with E-state index in [1.54, 1.807) is 31.7 Å². The average molecular weight is 401 g/mol. The highest BCUT2D eigenvalue weighted by Gasteiger charge is 2.40. The summed E-state index contributed by atoms with van der Waals surface area (Å²) in [4.78, 5) is 14.3. The Morgan fingerprint density at radius 1 is 1.18 bits per heavy atom. The zero-order chi connectivity index (χ0) is 20.7. The van der Waals surface area contributed by atoms with Gasteiger partial charge < -0.3 is 9.47 Å². The van der Waals surface area contributed by atoms with E-state index in [-0.39, 0.29) is 17.6 Å². The van der Waals surface area contributed by atoms with Crippen molar-refractivity contribution < 1.29 is 31.8 Å². The molecule has 0 spiro atoms. The Morgan fingerprint density at radius 2 is 1.89 bits per heavy atom. The van der Waals surface area contributed by atoms with Gasteiger partial charge in [-0.05, 0) is 70.2 Å². The number of piperidine rings is 1. The van der Waals surface area contributed by atoms with Gasteiger partial charge in [-0.1, -0.05) is 6.08 Å². The number of carbonyl (C=O) groups excluding carboxylic acids is 1. The van der Waals surface area contributed by atoms with Crippen molar-refractivity contribution in [1.29, 1.82) is 0 Å². The maximum Gasteiger partial charge on any atom is 0.573 e. The summed E-state index contributed by atoms with van der Waals surface area (Å²) in [5, 5.41) is 0. The molecule has 0 aliphatic carbocycles. The molecule has 28 heavy (non-hydrogen) atoms. The van der Waals surface area contributed by atoms with Crippen molar-refractivity contribution in [2.45, 2.75) is 70.5 Å². The van der Waals surface area contributed by atoms with Crippen molar-refractivity contribution in [1.82, 2.24) is 4.90 Å². The number of amides is 1. The van der Waals surface area contributed by atoms with Crippen LogP contribution in [0.2, 0.25) is 0 Å². The minimum Gasteiger partial charge on any atom is -0.444 e. The molecule has 8 heteroatoms. The first-order valence-corrected chi connectivity index (χ1v) is 9.20. The predicted octanol–water partition coefficient (Wildman–Crippen LogP) is 5.67. The molecule has 1 aromatic rings. The second-order valence-corrected chi connectivity index (χ2v) is 8.13. The summed E-state index contributed by atoms with van der Waals surface area (Å²) in [5.74, 6) is -1.09. The SMILES string of the molecule is CC(C)(C)OC(=O)N1C2C=C(c3cc(OC(F)(F)F)ccc3F)CC1CCC2. The second-order valence-electron chi connectivity index (χ2n) is 8.13. The lowest BCUT2D eigenvalue weighted by molar-refractivity contribution is -0.274. The summed E-state index contributed by atoms with van der Waals surface area (Å²) < 4.78 is 61.2. The van der Waals surface area contributed by atoms with Crippen LogP contribution in [-0.2, 0) is 4.74 Å². The number of hydrogen-bond donors (Lipinski definition) is 0. The lowest BCUT2D eigenvalue weighted by atomic mass is 9.83. The molecule has 2 atom stereocenters. The molecular formula is C20H23F4NO3. The van der Waals surface area contributed by atoms with E-state index >= 15 is 0 Å². The van der Waals surface area contributed by atoms with Gasteiger partial charge >= 0.3 is 12.5 Å². The number of fused-ring (bicyclic) bond motifs is 2. The molecule has 0 saturated carbocycles. The van der Waals surface area contributed by atoms with E-state index < -0.39 is 29.6 Å². The van der Waals surface area contributed by atoms with Gasteiger partial charge in [-0.15, -0.1) is 13.2 Å². The fourth-order valence-corrected chi connectivity index (χ4v) is 3.78. The van der Waals surface area contributed by atoms with E-state index in [0.717, 1.165) is 31.0 Å². The molecule has 154 valence electrons. The molecule has 2 aliphatic rings. The lowest BCUT2D eigenvalue weighted by Crippen LogP contribution is -2.53. The van der Waals surface area contributed by atoms with Crippen LogP contribution in [0, 0.1) is 5.82 Å². The van der Waals surface area contributed by atoms with Crippen LogP contribution in [0.5, 0.6) is 5.75 Å². The zero-order valence-corrected chi connectivity index (χ0v) is 16.0. The van der Waals surface area contributed by atoms with Gasteiger partial charge in [0.1, 0.15) is 17.2 Å². The molecule has 2 unspecified atom stereocenters. The zero-order valence-electron chi connectivity index (χ0n) is 16.0. The van der Waals surface area contributed by atoms with Gasteiger partial charge in [0.15, 0.2) is 0 Å². The molecular weight excluding hydrogens is 378 g/mol. The quantitative estimate of drug-likeness (QED) is 0.600. The van der Waals surface area contributed by atoms with Crippen LogP contribution >= 0.6 is 0 Å². The van der Waals surface area contributed by atoms with Gasteiger partial charge in [0.05, 0.1) is 6.04 Å². The number of hydrogen-bond acceptors (Lipinski definition) is 3. The largest absolute Gasteiger partial charge is 0.573 e. The average Bonchev–Trinajstić information content (AvgIpc) is 2.52. The van der Waals surface area contributed by atoms with Crippen molar-refractivity contribution in [3.63, 3.8) is 0 Å². The maximum absolute atomic E-state index is 14.4. The molecule has 1 amide bonds. The van der Waals surface area contributed by atoms with Crippen LogP contribution in [0.3, 0.4) is 0 Å². The van der Waals surface area contributed by atoms with E-state index in [4.69, 9.17) is 4.74 Å². The molecule has 2 bridgehead atoms. The Bertz CT molecular complexity index is 783. The molecule has 2 heterocycles. The molecule has 4 nitrogen and oxygen atoms in total. The normalized spacial score (nSPS) is 22.5. The van der Waals surface area contributed by atoms with Crippen molar-refractivity contribution >= 4 is 11.7 Å². The van der Waals surface area contributed by atoms with Gasteiger partial charge in [-0.3, -0.25) is 4.90 Å². The molecule has 2 aliphatic heterocycles. The van der Waals surface area contributed by atoms with Crippen molar-refractivity contribution in [3.05, 3.63) is 35.7 Å². The number of rotatable bonds is 2. The van der Waals surface area contributed by atoms with Crippen molar-refractivity contribution in [2.75, 3.05) is 0 Å². The molecule has 0 aromatic heterocycles. The summed E-state index contributed by atoms with van der Waals surface area (Å²) in [6.45, 7) is 5.36. The van der Waals surface area contributed by atoms with Gasteiger partial charge in [-0.25, -0.2) is 9.18 Å². The second kappa shape index (κ2) is 7.29. The van der Waals surface area contributed by atoms with Gasteiger partial charge in [-0.2, -0.15) is 0 Å². The third kappa shape index (κ3) is 4.77. The first-order valence-electron chi connectivity index (χ1n) is 9.20. The maximum atomic E-state index is 14.4. The Hall–Kier alpha value is -2.25. The third-order valence-electron chi connectivity index (χ3n) is 4.76. The van der Waals surface area contributed by atoms with Crippen molar-refractivity contribution in [2.24, 2.45) is 0 Å². The number of ether oxygens (including phenoxy) is 2. The fraction of sp³-hybridized carbons (Fsp3) is 0.550. The van der Waals surface area contributed by atoms with Gasteiger partial charge in [0.2, 0.25) is 0 Å². The minimum absolute atomic E-state index is 0.0717. The Kier molecular flexibility index (Phi) is 5.34. The molecule has 1 saturated heterocycles. The third-order valence-corrected chi connectivity index (χ3v) is 4.76. The summed E-state index contributed by atoms with van der Waals surface area (Å²) in [6.07, 6.45) is -0.824. The van der Waals surface area contributed by atoms with E-state index in [0.29, 0.717) is 18.4 Å². The van der Waals surface area contributed by atoms with E-state index in [9.17, 15) is 22.4 Å². The van der Waals surface area contributed by atoms with Crippen LogP contribution < -0.4 is 4.74 Å². The summed E-state index contributed by atoms with van der Waals surface area (Å²) in [6, 6.07) is 2.52. The highest BCUT2D eigenvalue weighted by atomic mass is 19.4. The molecule has 1 aromatic carbocycles. The number of halogens is 4. The summed E-state index contributed by atoms with van der Waals surface area (Å²) >= 11 is 0. The number of benzene rings is 1. The molecule has 3 rings (SSSR count). The standard InChI is InChI=1S/C20H23F4NO3/c1-19(2,3)28-18(26)25-13-5-4-6-14(25)10-12(9-13)16-11-15(7-8-17(16)21)27-20(22,23)24/h7-9,11,13-14H,4-6,10H2,1-3H3. The van der Waals surface area contributed by atoms with Crippen LogP contribution in [0.15, 0.2) is 24.3 Å². The predicted molar refractivity (Wildman–Crippen MR) is 95.2 cm³/mol.